The van der Waals surface area contributed by atoms with Crippen LogP contribution in [0.25, 0.3) is 0 Å². The Morgan fingerprint density at radius 1 is 1.71 bits per heavy atom. The fourth-order valence-corrected chi connectivity index (χ4v) is 1.85. The first kappa shape index (κ1) is 11.5. The van der Waals surface area contributed by atoms with E-state index in [9.17, 15) is 4.79 Å². The summed E-state index contributed by atoms with van der Waals surface area (Å²) in [5, 5.41) is 2.61. The lowest BCUT2D eigenvalue weighted by Gasteiger charge is -2.22. The summed E-state index contributed by atoms with van der Waals surface area (Å²) in [5.74, 6) is 0.194. The molecule has 0 bridgehead atoms. The first-order chi connectivity index (χ1) is 6.67. The number of likely N-dealkylation sites (N-methyl/N-ethyl adjacent to an activating group) is 1. The van der Waals surface area contributed by atoms with Crippen LogP contribution in [-0.4, -0.2) is 58.5 Å². The van der Waals surface area contributed by atoms with Gasteiger partial charge in [0.15, 0.2) is 0 Å². The van der Waals surface area contributed by atoms with Crippen molar-refractivity contribution in [1.29, 1.82) is 0 Å². The molecule has 1 heterocycles. The molecule has 0 aromatic heterocycles. The van der Waals surface area contributed by atoms with Gasteiger partial charge in [-0.25, -0.2) is 0 Å². The van der Waals surface area contributed by atoms with Gasteiger partial charge in [0.05, 0.1) is 21.0 Å². The summed E-state index contributed by atoms with van der Waals surface area (Å²) in [6, 6.07) is 0.285. The molecule has 1 amide bonds. The van der Waals surface area contributed by atoms with Gasteiger partial charge < -0.3 is 10.1 Å². The molecule has 0 aromatic carbocycles. The Bertz CT molecular complexity index is 201. The third-order valence-corrected chi connectivity index (χ3v) is 2.54. The predicted octanol–water partition coefficient (Wildman–Crippen LogP) is -0.590. The van der Waals surface area contributed by atoms with E-state index in [0.717, 1.165) is 13.0 Å². The average Bonchev–Trinajstić information content (AvgIpc) is 2.47. The summed E-state index contributed by atoms with van der Waals surface area (Å²) in [5.41, 5.74) is 0. The first-order valence-corrected chi connectivity index (χ1v) is 4.86. The molecule has 4 nitrogen and oxygen atoms in total. The van der Waals surface area contributed by atoms with E-state index in [1.807, 2.05) is 0 Å². The fraction of sp³-hybridized carbons (Fsp3) is 0.889. The number of hydrogen-bond acceptors (Lipinski definition) is 3. The van der Waals surface area contributed by atoms with Crippen molar-refractivity contribution >= 4 is 13.8 Å². The zero-order chi connectivity index (χ0) is 10.6. The molecule has 0 unspecified atom stereocenters. The van der Waals surface area contributed by atoms with Crippen molar-refractivity contribution in [2.75, 3.05) is 33.9 Å². The van der Waals surface area contributed by atoms with Crippen molar-refractivity contribution < 1.29 is 9.53 Å². The minimum Gasteiger partial charge on any atom is -0.383 e. The maximum atomic E-state index is 11.2. The molecule has 1 N–H and O–H groups in total. The molecule has 1 aliphatic heterocycles. The normalized spacial score (nSPS) is 27.9. The predicted molar refractivity (Wildman–Crippen MR) is 55.4 cm³/mol. The minimum absolute atomic E-state index is 0.0280. The maximum absolute atomic E-state index is 11.2. The van der Waals surface area contributed by atoms with Crippen molar-refractivity contribution in [3.05, 3.63) is 0 Å². The van der Waals surface area contributed by atoms with E-state index >= 15 is 0 Å². The Hall–Kier alpha value is -0.545. The van der Waals surface area contributed by atoms with Gasteiger partial charge in [-0.1, -0.05) is 5.82 Å². The summed E-state index contributed by atoms with van der Waals surface area (Å²) in [7, 11) is 9.15. The molecule has 2 atom stereocenters. The van der Waals surface area contributed by atoms with Gasteiger partial charge in [-0.2, -0.15) is 0 Å². The van der Waals surface area contributed by atoms with Crippen LogP contribution in [0.4, 0.5) is 0 Å². The Labute approximate surface area is 86.4 Å². The zero-order valence-electron chi connectivity index (χ0n) is 8.82. The number of methoxy groups -OCH3 is 1. The van der Waals surface area contributed by atoms with Crippen LogP contribution < -0.4 is 5.32 Å². The van der Waals surface area contributed by atoms with Crippen LogP contribution in [0, 0.1) is 0 Å². The van der Waals surface area contributed by atoms with Crippen LogP contribution in [0.5, 0.6) is 0 Å². The largest absolute Gasteiger partial charge is 0.383 e. The molecule has 1 saturated heterocycles. The van der Waals surface area contributed by atoms with Crippen LogP contribution in [0.15, 0.2) is 0 Å². The highest BCUT2D eigenvalue weighted by molar-refractivity contribution is 6.12. The molecule has 1 rings (SSSR count). The third kappa shape index (κ3) is 2.99. The highest BCUT2D eigenvalue weighted by Gasteiger charge is 2.29. The van der Waals surface area contributed by atoms with Crippen LogP contribution in [0.1, 0.15) is 6.42 Å². The average molecular weight is 196 g/mol. The summed E-state index contributed by atoms with van der Waals surface area (Å²) < 4.78 is 5.09. The number of rotatable bonds is 4. The summed E-state index contributed by atoms with van der Waals surface area (Å²) in [6.45, 7) is 1.84. The first-order valence-electron chi connectivity index (χ1n) is 4.86. The highest BCUT2D eigenvalue weighted by Crippen LogP contribution is 2.24. The Kier molecular flexibility index (Phi) is 4.42. The van der Waals surface area contributed by atoms with E-state index in [1.54, 1.807) is 14.2 Å². The van der Waals surface area contributed by atoms with Gasteiger partial charge in [-0.05, 0) is 13.0 Å². The van der Waals surface area contributed by atoms with Crippen molar-refractivity contribution in [3.63, 3.8) is 0 Å². The number of nitrogens with one attached hydrogen (secondary N) is 1. The number of carbonyl (C=O) groups excluding carboxylic acids is 1. The zero-order valence-corrected chi connectivity index (χ0v) is 8.82. The fourth-order valence-electron chi connectivity index (χ4n) is 1.85. The smallest absolute Gasteiger partial charge is 0.233 e. The Morgan fingerprint density at radius 3 is 3.00 bits per heavy atom. The molecule has 0 saturated carbocycles. The van der Waals surface area contributed by atoms with Crippen LogP contribution >= 0.6 is 0 Å². The second-order valence-electron chi connectivity index (χ2n) is 3.71. The van der Waals surface area contributed by atoms with Crippen LogP contribution in [-0.2, 0) is 9.53 Å². The lowest BCUT2D eigenvalue weighted by atomic mass is 9.86. The number of likely N-dealkylation sites (tertiary alicyclic amines) is 1. The summed E-state index contributed by atoms with van der Waals surface area (Å²) in [4.78, 5) is 13.3. The van der Waals surface area contributed by atoms with Crippen molar-refractivity contribution in [1.82, 2.24) is 10.2 Å². The number of ether oxygens (including phenoxy) is 1. The van der Waals surface area contributed by atoms with Crippen molar-refractivity contribution in [3.8, 4) is 0 Å². The molecule has 2 radical (unpaired) electrons. The quantitative estimate of drug-likeness (QED) is 0.611. The van der Waals surface area contributed by atoms with E-state index in [0.29, 0.717) is 13.2 Å². The third-order valence-electron chi connectivity index (χ3n) is 2.54. The topological polar surface area (TPSA) is 41.6 Å². The molecule has 5 heteroatoms. The Balaban J connectivity index is 2.44. The summed E-state index contributed by atoms with van der Waals surface area (Å²) in [6.07, 6.45) is 0.908. The number of amides is 1. The van der Waals surface area contributed by atoms with E-state index in [2.05, 4.69) is 10.2 Å². The lowest BCUT2D eigenvalue weighted by molar-refractivity contribution is -0.122. The van der Waals surface area contributed by atoms with Crippen LogP contribution in [0.2, 0.25) is 5.82 Å². The maximum Gasteiger partial charge on any atom is 0.233 e. The van der Waals surface area contributed by atoms with Gasteiger partial charge in [-0.15, -0.1) is 0 Å². The molecule has 0 aliphatic carbocycles. The van der Waals surface area contributed by atoms with Gasteiger partial charge >= 0.3 is 0 Å². The van der Waals surface area contributed by atoms with Gasteiger partial charge in [-0.3, -0.25) is 9.69 Å². The highest BCUT2D eigenvalue weighted by atomic mass is 16.5. The number of nitrogens with zero attached hydrogens (tertiary/aromatic N) is 1. The van der Waals surface area contributed by atoms with Gasteiger partial charge in [0.1, 0.15) is 0 Å². The van der Waals surface area contributed by atoms with E-state index in [4.69, 9.17) is 12.6 Å². The SMILES string of the molecule is [B][C@H]1C[C@@H](COC)N(CC(=O)NC)C1. The molecular weight excluding hydrogens is 179 g/mol. The second-order valence-corrected chi connectivity index (χ2v) is 3.71. The standard InChI is InChI=1S/C9H17BN2O2/c1-11-9(13)5-12-4-7(10)3-8(12)6-14-2/h7-8H,3-6H2,1-2H3,(H,11,13)/t7-,8-/m0/s1. The molecule has 1 aliphatic rings. The molecule has 0 aromatic rings. The lowest BCUT2D eigenvalue weighted by Crippen LogP contribution is -2.40. The molecular formula is C9H17BN2O2. The second kappa shape index (κ2) is 5.36. The van der Waals surface area contributed by atoms with Crippen LogP contribution in [0.3, 0.4) is 0 Å². The van der Waals surface area contributed by atoms with E-state index in [-0.39, 0.29) is 17.8 Å². The van der Waals surface area contributed by atoms with Crippen molar-refractivity contribution in [2.24, 2.45) is 0 Å². The molecule has 14 heavy (non-hydrogen) atoms. The number of hydrogen-bond donors (Lipinski definition) is 1. The van der Waals surface area contributed by atoms with E-state index < -0.39 is 0 Å². The van der Waals surface area contributed by atoms with Gasteiger partial charge in [0.25, 0.3) is 0 Å². The van der Waals surface area contributed by atoms with Crippen molar-refractivity contribution in [2.45, 2.75) is 18.3 Å². The monoisotopic (exact) mass is 196 g/mol. The molecule has 78 valence electrons. The minimum atomic E-state index is 0.0280. The molecule has 0 spiro atoms. The number of carbonyl (C=O) groups is 1. The van der Waals surface area contributed by atoms with E-state index in [1.165, 1.54) is 0 Å². The molecule has 1 fully saturated rings. The Morgan fingerprint density at radius 2 is 2.43 bits per heavy atom. The summed E-state index contributed by atoms with van der Waals surface area (Å²) >= 11 is 0. The van der Waals surface area contributed by atoms with Gasteiger partial charge in [0.2, 0.25) is 5.91 Å². The van der Waals surface area contributed by atoms with Gasteiger partial charge in [0, 0.05) is 20.2 Å².